The standard InChI is InChI=1S/C26H29N3O5/c30-24-16-20(17-29(24)11-10-19-6-2-1-3-7-19)25(31)27-12-14-28(15-13-27)26(32)23-18-33-21-8-4-5-9-22(21)34-23/h1-9,20,23H,10-18H2. The van der Waals surface area contributed by atoms with E-state index in [9.17, 15) is 14.4 Å². The summed E-state index contributed by atoms with van der Waals surface area (Å²) in [4.78, 5) is 43.8. The van der Waals surface area contributed by atoms with Gasteiger partial charge in [-0.05, 0) is 24.1 Å². The van der Waals surface area contributed by atoms with Gasteiger partial charge < -0.3 is 24.2 Å². The first-order valence-corrected chi connectivity index (χ1v) is 11.9. The molecular weight excluding hydrogens is 434 g/mol. The van der Waals surface area contributed by atoms with E-state index in [4.69, 9.17) is 9.47 Å². The predicted octanol–water partition coefficient (Wildman–Crippen LogP) is 1.59. The van der Waals surface area contributed by atoms with Crippen LogP contribution in [0.15, 0.2) is 54.6 Å². The van der Waals surface area contributed by atoms with E-state index in [-0.39, 0.29) is 36.7 Å². The normalized spacial score (nSPS) is 22.1. The Morgan fingerprint density at radius 2 is 1.50 bits per heavy atom. The van der Waals surface area contributed by atoms with Crippen molar-refractivity contribution in [3.63, 3.8) is 0 Å². The van der Waals surface area contributed by atoms with Crippen LogP contribution in [0.25, 0.3) is 0 Å². The maximum Gasteiger partial charge on any atom is 0.267 e. The summed E-state index contributed by atoms with van der Waals surface area (Å²) in [5.41, 5.74) is 1.18. The molecule has 0 aliphatic carbocycles. The summed E-state index contributed by atoms with van der Waals surface area (Å²) in [6, 6.07) is 17.4. The van der Waals surface area contributed by atoms with E-state index in [1.807, 2.05) is 48.5 Å². The first kappa shape index (κ1) is 22.3. The average Bonchev–Trinajstić information content (AvgIpc) is 3.27. The lowest BCUT2D eigenvalue weighted by Crippen LogP contribution is -2.56. The zero-order valence-electron chi connectivity index (χ0n) is 19.1. The molecule has 0 saturated carbocycles. The molecule has 2 unspecified atom stereocenters. The molecule has 8 nitrogen and oxygen atoms in total. The van der Waals surface area contributed by atoms with Crippen molar-refractivity contribution in [3.05, 3.63) is 60.2 Å². The summed E-state index contributed by atoms with van der Waals surface area (Å²) in [6.07, 6.45) is 0.369. The molecule has 3 aliphatic rings. The van der Waals surface area contributed by atoms with Gasteiger partial charge in [-0.3, -0.25) is 14.4 Å². The number of carbonyl (C=O) groups is 3. The molecule has 34 heavy (non-hydrogen) atoms. The zero-order chi connectivity index (χ0) is 23.5. The Balaban J connectivity index is 1.10. The molecule has 178 valence electrons. The van der Waals surface area contributed by atoms with Gasteiger partial charge in [-0.1, -0.05) is 42.5 Å². The highest BCUT2D eigenvalue weighted by molar-refractivity contribution is 5.89. The van der Waals surface area contributed by atoms with Crippen LogP contribution in [-0.2, 0) is 20.8 Å². The predicted molar refractivity (Wildman–Crippen MR) is 124 cm³/mol. The Kier molecular flexibility index (Phi) is 6.38. The number of para-hydroxylation sites is 2. The minimum atomic E-state index is -0.678. The largest absolute Gasteiger partial charge is 0.485 e. The topological polar surface area (TPSA) is 79.4 Å². The minimum Gasteiger partial charge on any atom is -0.485 e. The number of rotatable bonds is 5. The molecular formula is C26H29N3O5. The van der Waals surface area contributed by atoms with Gasteiger partial charge in [-0.2, -0.15) is 0 Å². The molecule has 3 amide bonds. The number of ether oxygens (including phenoxy) is 2. The van der Waals surface area contributed by atoms with E-state index < -0.39 is 6.10 Å². The second-order valence-electron chi connectivity index (χ2n) is 8.99. The van der Waals surface area contributed by atoms with E-state index in [1.54, 1.807) is 20.8 Å². The van der Waals surface area contributed by atoms with Gasteiger partial charge in [0.25, 0.3) is 5.91 Å². The van der Waals surface area contributed by atoms with Crippen molar-refractivity contribution >= 4 is 17.7 Å². The minimum absolute atomic E-state index is 0.00818. The fourth-order valence-corrected chi connectivity index (χ4v) is 4.81. The van der Waals surface area contributed by atoms with Gasteiger partial charge in [-0.25, -0.2) is 0 Å². The van der Waals surface area contributed by atoms with Crippen LogP contribution in [0.1, 0.15) is 12.0 Å². The summed E-state index contributed by atoms with van der Waals surface area (Å²) in [6.45, 7) is 3.09. The second kappa shape index (κ2) is 9.75. The summed E-state index contributed by atoms with van der Waals surface area (Å²) < 4.78 is 11.5. The van der Waals surface area contributed by atoms with Gasteiger partial charge in [0, 0.05) is 45.7 Å². The third-order valence-corrected chi connectivity index (χ3v) is 6.76. The van der Waals surface area contributed by atoms with Crippen LogP contribution in [0.4, 0.5) is 0 Å². The molecule has 8 heteroatoms. The molecule has 2 aromatic rings. The number of amides is 3. The van der Waals surface area contributed by atoms with Gasteiger partial charge >= 0.3 is 0 Å². The van der Waals surface area contributed by atoms with Crippen LogP contribution in [0.2, 0.25) is 0 Å². The Morgan fingerprint density at radius 1 is 0.853 bits per heavy atom. The molecule has 0 aromatic heterocycles. The first-order valence-electron chi connectivity index (χ1n) is 11.9. The SMILES string of the molecule is O=C1CC(C(=O)N2CCN(C(=O)C3COc4ccccc4O3)CC2)CN1CCc1ccccc1. The summed E-state index contributed by atoms with van der Waals surface area (Å²) >= 11 is 0. The summed E-state index contributed by atoms with van der Waals surface area (Å²) in [7, 11) is 0. The van der Waals surface area contributed by atoms with Gasteiger partial charge in [0.05, 0.1) is 5.92 Å². The van der Waals surface area contributed by atoms with E-state index >= 15 is 0 Å². The monoisotopic (exact) mass is 463 g/mol. The molecule has 2 saturated heterocycles. The Hall–Kier alpha value is -3.55. The van der Waals surface area contributed by atoms with Crippen molar-refractivity contribution in [2.24, 2.45) is 5.92 Å². The highest BCUT2D eigenvalue weighted by atomic mass is 16.6. The lowest BCUT2D eigenvalue weighted by atomic mass is 10.1. The van der Waals surface area contributed by atoms with Crippen LogP contribution >= 0.6 is 0 Å². The van der Waals surface area contributed by atoms with E-state index in [0.29, 0.717) is 50.8 Å². The number of benzene rings is 2. The molecule has 0 spiro atoms. The number of nitrogens with zero attached hydrogens (tertiary/aromatic N) is 3. The molecule has 3 heterocycles. The number of fused-ring (bicyclic) bond motifs is 1. The highest BCUT2D eigenvalue weighted by Gasteiger charge is 2.38. The lowest BCUT2D eigenvalue weighted by molar-refractivity contribution is -0.147. The Bertz CT molecular complexity index is 1050. The van der Waals surface area contributed by atoms with Crippen molar-refractivity contribution in [3.8, 4) is 11.5 Å². The maximum absolute atomic E-state index is 13.1. The van der Waals surface area contributed by atoms with E-state index in [2.05, 4.69) is 0 Å². The molecule has 2 atom stereocenters. The fourth-order valence-electron chi connectivity index (χ4n) is 4.81. The van der Waals surface area contributed by atoms with Crippen LogP contribution in [0.3, 0.4) is 0 Å². The van der Waals surface area contributed by atoms with Gasteiger partial charge in [0.2, 0.25) is 17.9 Å². The highest BCUT2D eigenvalue weighted by Crippen LogP contribution is 2.31. The second-order valence-corrected chi connectivity index (χ2v) is 8.99. The van der Waals surface area contributed by atoms with Gasteiger partial charge in [0.15, 0.2) is 11.5 Å². The average molecular weight is 464 g/mol. The maximum atomic E-state index is 13.1. The number of hydrogen-bond donors (Lipinski definition) is 0. The molecule has 0 radical (unpaired) electrons. The van der Waals surface area contributed by atoms with E-state index in [1.165, 1.54) is 5.56 Å². The smallest absolute Gasteiger partial charge is 0.267 e. The van der Waals surface area contributed by atoms with Gasteiger partial charge in [-0.15, -0.1) is 0 Å². The molecule has 0 N–H and O–H groups in total. The summed E-state index contributed by atoms with van der Waals surface area (Å²) in [5.74, 6) is 0.836. The molecule has 2 aromatic carbocycles. The van der Waals surface area contributed by atoms with Crippen molar-refractivity contribution in [2.75, 3.05) is 45.9 Å². The van der Waals surface area contributed by atoms with Crippen molar-refractivity contribution in [2.45, 2.75) is 18.9 Å². The third-order valence-electron chi connectivity index (χ3n) is 6.76. The fraction of sp³-hybridized carbons (Fsp3) is 0.423. The van der Waals surface area contributed by atoms with Crippen molar-refractivity contribution in [1.82, 2.24) is 14.7 Å². The number of carbonyl (C=O) groups excluding carboxylic acids is 3. The Labute approximate surface area is 199 Å². The first-order chi connectivity index (χ1) is 16.6. The third kappa shape index (κ3) is 4.71. The molecule has 3 aliphatic heterocycles. The van der Waals surface area contributed by atoms with Crippen LogP contribution in [0, 0.1) is 5.92 Å². The summed E-state index contributed by atoms with van der Waals surface area (Å²) in [5, 5.41) is 0. The quantitative estimate of drug-likeness (QED) is 0.673. The number of hydrogen-bond acceptors (Lipinski definition) is 5. The van der Waals surface area contributed by atoms with Crippen LogP contribution in [0.5, 0.6) is 11.5 Å². The lowest BCUT2D eigenvalue weighted by Gasteiger charge is -2.37. The van der Waals surface area contributed by atoms with E-state index in [0.717, 1.165) is 6.42 Å². The Morgan fingerprint density at radius 3 is 2.24 bits per heavy atom. The molecule has 0 bridgehead atoms. The van der Waals surface area contributed by atoms with Crippen molar-refractivity contribution < 1.29 is 23.9 Å². The molecule has 2 fully saturated rings. The van der Waals surface area contributed by atoms with Gasteiger partial charge in [0.1, 0.15) is 6.61 Å². The zero-order valence-corrected chi connectivity index (χ0v) is 19.1. The van der Waals surface area contributed by atoms with Crippen molar-refractivity contribution in [1.29, 1.82) is 0 Å². The number of piperazine rings is 1. The molecule has 5 rings (SSSR count). The number of likely N-dealkylation sites (tertiary alicyclic amines) is 1. The van der Waals surface area contributed by atoms with Crippen LogP contribution < -0.4 is 9.47 Å². The van der Waals surface area contributed by atoms with Crippen LogP contribution in [-0.4, -0.2) is 84.4 Å².